The van der Waals surface area contributed by atoms with Crippen LogP contribution in [0.4, 0.5) is 0 Å². The van der Waals surface area contributed by atoms with Crippen molar-refractivity contribution in [1.82, 2.24) is 5.32 Å². The van der Waals surface area contributed by atoms with Gasteiger partial charge in [0.25, 0.3) is 0 Å². The van der Waals surface area contributed by atoms with Crippen LogP contribution in [-0.4, -0.2) is 28.8 Å². The van der Waals surface area contributed by atoms with Crippen LogP contribution in [0.5, 0.6) is 0 Å². The Kier molecular flexibility index (Phi) is 2.72. The zero-order chi connectivity index (χ0) is 5.82. The van der Waals surface area contributed by atoms with Crippen LogP contribution < -0.4 is 5.32 Å². The van der Waals surface area contributed by atoms with E-state index in [-0.39, 0.29) is 9.45 Å². The van der Waals surface area contributed by atoms with Crippen molar-refractivity contribution in [3.8, 4) is 0 Å². The summed E-state index contributed by atoms with van der Waals surface area (Å²) >= 11 is 0. The molecule has 0 unspecified atom stereocenters. The Bertz CT molecular complexity index is 122. The van der Waals surface area contributed by atoms with Gasteiger partial charge in [0, 0.05) is 24.6 Å². The number of hydrogen-bond donors (Lipinski definition) is 1. The zero-order valence-corrected chi connectivity index (χ0v) is 6.19. The first-order chi connectivity index (χ1) is 3.93. The van der Waals surface area contributed by atoms with Crippen LogP contribution in [0.2, 0.25) is 0 Å². The summed E-state index contributed by atoms with van der Waals surface area (Å²) in [6.45, 7) is 2.08. The molecule has 1 N–H and O–H groups in total. The minimum absolute atomic E-state index is 0.147. The predicted octanol–water partition coefficient (Wildman–Crippen LogP) is -0.664. The molecule has 4 heteroatoms. The summed E-state index contributed by atoms with van der Waals surface area (Å²) in [5.74, 6) is 2.16. The Morgan fingerprint density at radius 1 is 1.38 bits per heavy atom. The monoisotopic (exact) mass is 151 g/mol. The van der Waals surface area contributed by atoms with Crippen molar-refractivity contribution in [2.24, 2.45) is 0 Å². The predicted molar refractivity (Wildman–Crippen MR) is 38.1 cm³/mol. The van der Waals surface area contributed by atoms with Crippen molar-refractivity contribution >= 4 is 19.7 Å². The summed E-state index contributed by atoms with van der Waals surface area (Å²) in [6.07, 6.45) is 0. The van der Waals surface area contributed by atoms with Gasteiger partial charge in [-0.2, -0.15) is 0 Å². The van der Waals surface area contributed by atoms with Gasteiger partial charge in [0.1, 0.15) is 10.2 Å². The van der Waals surface area contributed by atoms with Crippen molar-refractivity contribution in [3.63, 3.8) is 0 Å². The summed E-state index contributed by atoms with van der Waals surface area (Å²) in [4.78, 5) is 0. The first-order valence-electron chi connectivity index (χ1n) is 2.62. The van der Waals surface area contributed by atoms with E-state index in [4.69, 9.17) is 0 Å². The highest BCUT2D eigenvalue weighted by molar-refractivity contribution is 8.31. The average Bonchev–Trinajstić information content (AvgIpc) is 1.90. The smallest absolute Gasteiger partial charge is 0.120 e. The van der Waals surface area contributed by atoms with Gasteiger partial charge in [-0.05, 0) is 0 Å². The van der Waals surface area contributed by atoms with Gasteiger partial charge in [-0.3, -0.25) is 0 Å². The lowest BCUT2D eigenvalue weighted by atomic mass is 10.6. The molecule has 48 valence electrons. The lowest BCUT2D eigenvalue weighted by molar-refractivity contribution is 0.701. The molecule has 0 radical (unpaired) electrons. The molecular weight excluding hydrogens is 142 g/mol. The SMILES string of the molecule is O=S=S1CCNCC1. The van der Waals surface area contributed by atoms with Crippen LogP contribution in [0, 0.1) is 0 Å². The molecule has 0 aromatic heterocycles. The van der Waals surface area contributed by atoms with Crippen molar-refractivity contribution in [1.29, 1.82) is 0 Å². The summed E-state index contributed by atoms with van der Waals surface area (Å²) in [6, 6.07) is 0. The van der Waals surface area contributed by atoms with Gasteiger partial charge in [-0.1, -0.05) is 9.45 Å². The average molecular weight is 151 g/mol. The normalized spacial score (nSPS) is 23.0. The Labute approximate surface area is 54.3 Å². The van der Waals surface area contributed by atoms with Gasteiger partial charge < -0.3 is 5.32 Å². The van der Waals surface area contributed by atoms with Crippen LogP contribution in [0.3, 0.4) is 0 Å². The lowest BCUT2D eigenvalue weighted by Gasteiger charge is -2.11. The third kappa shape index (κ3) is 1.69. The van der Waals surface area contributed by atoms with E-state index in [1.54, 1.807) is 0 Å². The minimum atomic E-state index is 0.147. The molecule has 1 heterocycles. The summed E-state index contributed by atoms with van der Waals surface area (Å²) in [5.41, 5.74) is 0. The fourth-order valence-electron chi connectivity index (χ4n) is 0.667. The standard InChI is InChI=1S/C4H9NOS2/c6-7-8-3-1-5-2-4-8/h5H,1-4H2. The maximum atomic E-state index is 10.2. The Hall–Kier alpha value is 0.330. The van der Waals surface area contributed by atoms with Gasteiger partial charge in [-0.15, -0.1) is 0 Å². The molecule has 8 heavy (non-hydrogen) atoms. The molecule has 1 fully saturated rings. The molecule has 1 aliphatic heterocycles. The van der Waals surface area contributed by atoms with E-state index < -0.39 is 0 Å². The summed E-state index contributed by atoms with van der Waals surface area (Å²) in [5, 5.41) is 3.20. The third-order valence-electron chi connectivity index (χ3n) is 1.11. The van der Waals surface area contributed by atoms with Gasteiger partial charge in [0.05, 0.1) is 0 Å². The molecule has 0 amide bonds. The van der Waals surface area contributed by atoms with Crippen LogP contribution >= 0.6 is 0 Å². The first kappa shape index (κ1) is 6.45. The zero-order valence-electron chi connectivity index (χ0n) is 4.55. The minimum Gasteiger partial charge on any atom is -0.315 e. The molecule has 0 aromatic rings. The summed E-state index contributed by atoms with van der Waals surface area (Å²) < 4.78 is 10.2. The number of rotatable bonds is 0. The summed E-state index contributed by atoms with van der Waals surface area (Å²) in [7, 11) is 0.931. The van der Waals surface area contributed by atoms with Crippen molar-refractivity contribution in [3.05, 3.63) is 0 Å². The van der Waals surface area contributed by atoms with Crippen LogP contribution in [0.25, 0.3) is 0 Å². The topological polar surface area (TPSA) is 29.1 Å². The second-order valence-electron chi connectivity index (χ2n) is 1.67. The van der Waals surface area contributed by atoms with Crippen LogP contribution in [0.1, 0.15) is 0 Å². The fraction of sp³-hybridized carbons (Fsp3) is 1.00. The molecule has 0 saturated carbocycles. The molecule has 1 rings (SSSR count). The van der Waals surface area contributed by atoms with Gasteiger partial charge in [-0.25, -0.2) is 4.21 Å². The van der Waals surface area contributed by atoms with E-state index in [1.165, 1.54) is 0 Å². The fourth-order valence-corrected chi connectivity index (χ4v) is 2.66. The lowest BCUT2D eigenvalue weighted by Crippen LogP contribution is -2.32. The van der Waals surface area contributed by atoms with Crippen molar-refractivity contribution in [2.75, 3.05) is 24.6 Å². The van der Waals surface area contributed by atoms with Gasteiger partial charge >= 0.3 is 0 Å². The number of hydrogen-bond acceptors (Lipinski definition) is 2. The highest BCUT2D eigenvalue weighted by atomic mass is 32.8. The van der Waals surface area contributed by atoms with Gasteiger partial charge in [0.2, 0.25) is 0 Å². The first-order valence-corrected chi connectivity index (χ1v) is 5.44. The quantitative estimate of drug-likeness (QED) is 0.498. The molecule has 0 bridgehead atoms. The van der Waals surface area contributed by atoms with Crippen molar-refractivity contribution < 1.29 is 4.21 Å². The molecule has 1 saturated heterocycles. The molecule has 2 nitrogen and oxygen atoms in total. The van der Waals surface area contributed by atoms with E-state index in [9.17, 15) is 4.21 Å². The van der Waals surface area contributed by atoms with E-state index >= 15 is 0 Å². The Morgan fingerprint density at radius 2 is 2.00 bits per heavy atom. The molecule has 0 aromatic carbocycles. The Morgan fingerprint density at radius 3 is 2.38 bits per heavy atom. The van der Waals surface area contributed by atoms with E-state index in [2.05, 4.69) is 5.32 Å². The molecule has 0 spiro atoms. The molecular formula is C4H9NOS2. The van der Waals surface area contributed by atoms with E-state index in [1.807, 2.05) is 0 Å². The maximum Gasteiger partial charge on any atom is 0.120 e. The van der Waals surface area contributed by atoms with Gasteiger partial charge in [0.15, 0.2) is 0 Å². The highest BCUT2D eigenvalue weighted by Gasteiger charge is 2.01. The Balaban J connectivity index is 2.45. The largest absolute Gasteiger partial charge is 0.315 e. The van der Waals surface area contributed by atoms with E-state index in [0.717, 1.165) is 34.8 Å². The molecule has 0 aliphatic carbocycles. The number of nitrogens with one attached hydrogen (secondary N) is 1. The van der Waals surface area contributed by atoms with Crippen LogP contribution in [-0.2, 0) is 19.7 Å². The second kappa shape index (κ2) is 3.37. The maximum absolute atomic E-state index is 10.2. The highest BCUT2D eigenvalue weighted by Crippen LogP contribution is 1.86. The third-order valence-corrected chi connectivity index (χ3v) is 4.20. The van der Waals surface area contributed by atoms with Crippen LogP contribution in [0.15, 0.2) is 0 Å². The molecule has 0 atom stereocenters. The molecule has 1 aliphatic rings. The second-order valence-corrected chi connectivity index (χ2v) is 5.32. The van der Waals surface area contributed by atoms with Crippen molar-refractivity contribution in [2.45, 2.75) is 0 Å². The van der Waals surface area contributed by atoms with E-state index in [0.29, 0.717) is 0 Å².